The van der Waals surface area contributed by atoms with Crippen LogP contribution in [0.1, 0.15) is 0 Å². The number of nitrogens with zero attached hydrogens (tertiary/aromatic N) is 3. The van der Waals surface area contributed by atoms with E-state index in [9.17, 15) is 14.7 Å². The number of carbonyl (C=O) groups is 1. The van der Waals surface area contributed by atoms with Gasteiger partial charge in [-0.15, -0.1) is 0 Å². The summed E-state index contributed by atoms with van der Waals surface area (Å²) < 4.78 is 6.52. The molecule has 140 valence electrons. The molecule has 0 radical (unpaired) electrons. The highest BCUT2D eigenvalue weighted by atomic mass is 16.5. The van der Waals surface area contributed by atoms with Crippen LogP contribution in [0.25, 0.3) is 28.2 Å². The van der Waals surface area contributed by atoms with Crippen LogP contribution in [0.2, 0.25) is 0 Å². The van der Waals surface area contributed by atoms with Gasteiger partial charge in [-0.05, 0) is 36.4 Å². The quantitative estimate of drug-likeness (QED) is 0.458. The first kappa shape index (κ1) is 17.3. The lowest BCUT2D eigenvalue weighted by Gasteiger charge is -2.08. The Morgan fingerprint density at radius 3 is 2.64 bits per heavy atom. The maximum Gasteiger partial charge on any atom is 0.332 e. The zero-order valence-corrected chi connectivity index (χ0v) is 14.7. The molecule has 0 aliphatic carbocycles. The van der Waals surface area contributed by atoms with Crippen LogP contribution in [0, 0.1) is 0 Å². The number of phenolic OH excluding ortho intramolecular Hbond substituents is 1. The molecule has 0 aliphatic heterocycles. The summed E-state index contributed by atoms with van der Waals surface area (Å²) in [4.78, 5) is 35.1. The zero-order chi connectivity index (χ0) is 19.7. The summed E-state index contributed by atoms with van der Waals surface area (Å²) in [6.45, 7) is 0. The molecule has 0 spiro atoms. The van der Waals surface area contributed by atoms with E-state index in [-0.39, 0.29) is 28.6 Å². The van der Waals surface area contributed by atoms with E-state index in [1.807, 2.05) is 0 Å². The number of aromatic nitrogens is 4. The van der Waals surface area contributed by atoms with Gasteiger partial charge in [0.15, 0.2) is 17.3 Å². The first-order chi connectivity index (χ1) is 13.6. The lowest BCUT2D eigenvalue weighted by atomic mass is 10.2. The highest BCUT2D eigenvalue weighted by Crippen LogP contribution is 2.26. The van der Waals surface area contributed by atoms with Crippen LogP contribution in [0.3, 0.4) is 0 Å². The Morgan fingerprint density at radius 1 is 1.18 bits per heavy atom. The number of amides is 1. The van der Waals surface area contributed by atoms with E-state index in [1.165, 1.54) is 16.7 Å². The van der Waals surface area contributed by atoms with Crippen LogP contribution in [0.5, 0.6) is 11.5 Å². The standard InChI is InChI=1S/C19H15N5O4/c1-28-14-7-5-12(6-8-14)24-18-15(21-19(24)27)17(20-10-25)22-16(23-18)11-3-2-4-13(26)9-11/h2-10,26H,1H3,(H,21,27)(H,20,22,23,25). The molecule has 2 aromatic carbocycles. The number of rotatable bonds is 5. The van der Waals surface area contributed by atoms with E-state index in [0.29, 0.717) is 23.4 Å². The number of fused-ring (bicyclic) bond motifs is 1. The van der Waals surface area contributed by atoms with E-state index >= 15 is 0 Å². The number of H-pyrrole nitrogens is 1. The average Bonchev–Trinajstić information content (AvgIpc) is 3.04. The number of aromatic hydroxyl groups is 1. The molecule has 0 saturated heterocycles. The van der Waals surface area contributed by atoms with Gasteiger partial charge in [0.2, 0.25) is 6.41 Å². The van der Waals surface area contributed by atoms with Crippen LogP contribution in [0.15, 0.2) is 53.3 Å². The molecule has 0 fully saturated rings. The Morgan fingerprint density at radius 2 is 1.96 bits per heavy atom. The van der Waals surface area contributed by atoms with Crippen molar-refractivity contribution in [2.24, 2.45) is 0 Å². The lowest BCUT2D eigenvalue weighted by Crippen LogP contribution is -2.14. The van der Waals surface area contributed by atoms with Gasteiger partial charge >= 0.3 is 5.69 Å². The fourth-order valence-electron chi connectivity index (χ4n) is 2.89. The lowest BCUT2D eigenvalue weighted by molar-refractivity contribution is -0.105. The molecule has 9 heteroatoms. The number of imidazole rings is 1. The predicted octanol–water partition coefficient (Wildman–Crippen LogP) is 2.06. The number of carbonyl (C=O) groups excluding carboxylic acids is 1. The molecule has 2 aromatic heterocycles. The molecule has 28 heavy (non-hydrogen) atoms. The van der Waals surface area contributed by atoms with Gasteiger partial charge in [-0.1, -0.05) is 12.1 Å². The third-order valence-corrected chi connectivity index (χ3v) is 4.17. The Hall–Kier alpha value is -4.14. The molecule has 3 N–H and O–H groups in total. The van der Waals surface area contributed by atoms with Crippen LogP contribution < -0.4 is 15.7 Å². The van der Waals surface area contributed by atoms with E-state index in [1.54, 1.807) is 43.5 Å². The number of aromatic amines is 1. The molecule has 0 aliphatic rings. The second-order valence-corrected chi connectivity index (χ2v) is 5.87. The van der Waals surface area contributed by atoms with Crippen LogP contribution >= 0.6 is 0 Å². The fraction of sp³-hybridized carbons (Fsp3) is 0.0526. The topological polar surface area (TPSA) is 122 Å². The maximum atomic E-state index is 12.6. The van der Waals surface area contributed by atoms with Gasteiger partial charge in [0.05, 0.1) is 12.8 Å². The summed E-state index contributed by atoms with van der Waals surface area (Å²) in [7, 11) is 1.55. The highest BCUT2D eigenvalue weighted by molar-refractivity contribution is 5.90. The third kappa shape index (κ3) is 2.94. The van der Waals surface area contributed by atoms with Crippen molar-refractivity contribution in [3.8, 4) is 28.6 Å². The van der Waals surface area contributed by atoms with Gasteiger partial charge in [-0.2, -0.15) is 0 Å². The predicted molar refractivity (Wildman–Crippen MR) is 103 cm³/mol. The summed E-state index contributed by atoms with van der Waals surface area (Å²) >= 11 is 0. The smallest absolute Gasteiger partial charge is 0.332 e. The fourth-order valence-corrected chi connectivity index (χ4v) is 2.89. The van der Waals surface area contributed by atoms with E-state index in [4.69, 9.17) is 4.74 Å². The van der Waals surface area contributed by atoms with Gasteiger partial charge < -0.3 is 20.1 Å². The molecule has 9 nitrogen and oxygen atoms in total. The number of benzene rings is 2. The summed E-state index contributed by atoms with van der Waals surface area (Å²) in [6.07, 6.45) is 0.469. The Bertz CT molecular complexity index is 1230. The molecule has 4 rings (SSSR count). The third-order valence-electron chi connectivity index (χ3n) is 4.17. The largest absolute Gasteiger partial charge is 0.508 e. The maximum absolute atomic E-state index is 12.6. The van der Waals surface area contributed by atoms with Crippen molar-refractivity contribution in [1.29, 1.82) is 0 Å². The molecular weight excluding hydrogens is 362 g/mol. The number of ether oxygens (including phenoxy) is 1. The number of nitrogens with one attached hydrogen (secondary N) is 2. The second-order valence-electron chi connectivity index (χ2n) is 5.87. The van der Waals surface area contributed by atoms with Crippen molar-refractivity contribution in [2.75, 3.05) is 12.4 Å². The molecule has 1 amide bonds. The summed E-state index contributed by atoms with van der Waals surface area (Å²) in [6, 6.07) is 13.3. The van der Waals surface area contributed by atoms with Crippen molar-refractivity contribution in [1.82, 2.24) is 19.5 Å². The first-order valence-electron chi connectivity index (χ1n) is 8.27. The molecule has 4 aromatic rings. The van der Waals surface area contributed by atoms with Crippen LogP contribution in [-0.4, -0.2) is 38.1 Å². The Labute approximate surface area is 158 Å². The van der Waals surface area contributed by atoms with E-state index < -0.39 is 5.69 Å². The summed E-state index contributed by atoms with van der Waals surface area (Å²) in [5.74, 6) is 1.10. The molecule has 2 heterocycles. The summed E-state index contributed by atoms with van der Waals surface area (Å²) in [5.41, 5.74) is 1.24. The molecule has 0 saturated carbocycles. The minimum atomic E-state index is -0.434. The number of phenols is 1. The van der Waals surface area contributed by atoms with Crippen LogP contribution in [0.4, 0.5) is 5.82 Å². The number of methoxy groups -OCH3 is 1. The Kier molecular flexibility index (Phi) is 4.24. The molecular formula is C19H15N5O4. The molecule has 0 atom stereocenters. The monoisotopic (exact) mass is 377 g/mol. The zero-order valence-electron chi connectivity index (χ0n) is 14.7. The van der Waals surface area contributed by atoms with Crippen LogP contribution in [-0.2, 0) is 4.79 Å². The van der Waals surface area contributed by atoms with Crippen molar-refractivity contribution < 1.29 is 14.6 Å². The molecule has 0 unspecified atom stereocenters. The number of anilines is 1. The van der Waals surface area contributed by atoms with Gasteiger partial charge in [0.25, 0.3) is 0 Å². The first-order valence-corrected chi connectivity index (χ1v) is 8.27. The minimum absolute atomic E-state index is 0.0488. The van der Waals surface area contributed by atoms with E-state index in [2.05, 4.69) is 20.3 Å². The van der Waals surface area contributed by atoms with Crippen molar-refractivity contribution in [2.45, 2.75) is 0 Å². The van der Waals surface area contributed by atoms with Crippen molar-refractivity contribution in [3.63, 3.8) is 0 Å². The highest BCUT2D eigenvalue weighted by Gasteiger charge is 2.17. The summed E-state index contributed by atoms with van der Waals surface area (Å²) in [5, 5.41) is 12.2. The number of hydrogen-bond donors (Lipinski definition) is 3. The number of hydrogen-bond acceptors (Lipinski definition) is 6. The second kappa shape index (κ2) is 6.88. The van der Waals surface area contributed by atoms with Crippen molar-refractivity contribution >= 4 is 23.4 Å². The van der Waals surface area contributed by atoms with Gasteiger partial charge in [0.1, 0.15) is 17.0 Å². The van der Waals surface area contributed by atoms with Gasteiger partial charge in [-0.3, -0.25) is 4.79 Å². The minimum Gasteiger partial charge on any atom is -0.508 e. The SMILES string of the molecule is COc1ccc(-n2c(=O)[nH]c3c(NC=O)nc(-c4cccc(O)c4)nc32)cc1. The van der Waals surface area contributed by atoms with Crippen molar-refractivity contribution in [3.05, 3.63) is 59.0 Å². The molecule has 0 bridgehead atoms. The van der Waals surface area contributed by atoms with Gasteiger partial charge in [0, 0.05) is 5.56 Å². The van der Waals surface area contributed by atoms with Gasteiger partial charge in [-0.25, -0.2) is 19.3 Å². The normalized spacial score (nSPS) is 10.8. The average molecular weight is 377 g/mol. The van der Waals surface area contributed by atoms with E-state index in [0.717, 1.165) is 0 Å². The Balaban J connectivity index is 1.99.